The Morgan fingerprint density at radius 3 is 2.44 bits per heavy atom. The van der Waals surface area contributed by atoms with Crippen LogP contribution in [-0.4, -0.2) is 50.8 Å². The first-order chi connectivity index (χ1) is 12.9. The first-order valence-electron chi connectivity index (χ1n) is 10.3. The van der Waals surface area contributed by atoms with E-state index >= 15 is 0 Å². The molecule has 146 valence electrons. The summed E-state index contributed by atoms with van der Waals surface area (Å²) in [6, 6.07) is 0. The molecule has 27 heavy (non-hydrogen) atoms. The van der Waals surface area contributed by atoms with Crippen molar-refractivity contribution in [2.45, 2.75) is 65.5 Å². The number of aromatic nitrogens is 4. The fourth-order valence-corrected chi connectivity index (χ4v) is 4.14. The van der Waals surface area contributed by atoms with Crippen LogP contribution >= 0.6 is 0 Å². The Morgan fingerprint density at radius 2 is 1.74 bits per heavy atom. The molecule has 0 saturated carbocycles. The summed E-state index contributed by atoms with van der Waals surface area (Å²) in [4.78, 5) is 14.5. The lowest BCUT2D eigenvalue weighted by Crippen LogP contribution is -2.46. The van der Waals surface area contributed by atoms with Gasteiger partial charge in [-0.1, -0.05) is 0 Å². The van der Waals surface area contributed by atoms with Crippen molar-refractivity contribution < 1.29 is 0 Å². The Bertz CT molecular complexity index is 795. The second kappa shape index (κ2) is 7.23. The zero-order valence-corrected chi connectivity index (χ0v) is 17.2. The molecule has 4 rings (SSSR count). The molecule has 0 unspecified atom stereocenters. The summed E-state index contributed by atoms with van der Waals surface area (Å²) in [5.41, 5.74) is 4.04. The number of nitrogens with zero attached hydrogens (tertiary/aromatic N) is 6. The Hall–Kier alpha value is -1.95. The number of anilines is 1. The van der Waals surface area contributed by atoms with Gasteiger partial charge < -0.3 is 4.90 Å². The lowest BCUT2D eigenvalue weighted by Gasteiger charge is -2.36. The van der Waals surface area contributed by atoms with Crippen LogP contribution in [0.1, 0.15) is 56.3 Å². The van der Waals surface area contributed by atoms with Crippen molar-refractivity contribution in [2.24, 2.45) is 0 Å². The Labute approximate surface area is 162 Å². The third-order valence-electron chi connectivity index (χ3n) is 5.67. The molecule has 2 aromatic heterocycles. The summed E-state index contributed by atoms with van der Waals surface area (Å²) in [5, 5.41) is 4.54. The van der Waals surface area contributed by atoms with Crippen LogP contribution in [0, 0.1) is 6.92 Å². The predicted molar refractivity (Wildman–Crippen MR) is 108 cm³/mol. The van der Waals surface area contributed by atoms with Crippen LogP contribution in [0.4, 0.5) is 5.82 Å². The van der Waals surface area contributed by atoms with Crippen molar-refractivity contribution in [3.63, 3.8) is 0 Å². The van der Waals surface area contributed by atoms with Crippen molar-refractivity contribution in [1.29, 1.82) is 0 Å². The van der Waals surface area contributed by atoms with Crippen LogP contribution in [0.5, 0.6) is 0 Å². The van der Waals surface area contributed by atoms with E-state index < -0.39 is 0 Å². The molecule has 2 aromatic rings. The zero-order chi connectivity index (χ0) is 19.0. The van der Waals surface area contributed by atoms with Gasteiger partial charge in [0.15, 0.2) is 0 Å². The highest BCUT2D eigenvalue weighted by Gasteiger charge is 2.24. The number of aryl methyl sites for hydroxylation is 2. The zero-order valence-electron chi connectivity index (χ0n) is 17.2. The van der Waals surface area contributed by atoms with Gasteiger partial charge in [-0.15, -0.1) is 0 Å². The van der Waals surface area contributed by atoms with E-state index in [1.54, 1.807) is 0 Å². The smallest absolute Gasteiger partial charge is 0.135 e. The average molecular weight is 369 g/mol. The van der Waals surface area contributed by atoms with Crippen molar-refractivity contribution in [3.05, 3.63) is 35.0 Å². The highest BCUT2D eigenvalue weighted by atomic mass is 15.3. The van der Waals surface area contributed by atoms with Gasteiger partial charge in [0.05, 0.1) is 11.7 Å². The molecule has 0 atom stereocenters. The van der Waals surface area contributed by atoms with Crippen molar-refractivity contribution in [2.75, 3.05) is 31.1 Å². The van der Waals surface area contributed by atoms with Crippen LogP contribution in [-0.2, 0) is 24.9 Å². The molecule has 1 fully saturated rings. The first-order valence-corrected chi connectivity index (χ1v) is 10.3. The second-order valence-electron chi connectivity index (χ2n) is 8.95. The summed E-state index contributed by atoms with van der Waals surface area (Å²) >= 11 is 0. The number of hydrogen-bond donors (Lipinski definition) is 0. The monoisotopic (exact) mass is 368 g/mol. The minimum atomic E-state index is 0.0426. The van der Waals surface area contributed by atoms with E-state index in [2.05, 4.69) is 46.5 Å². The maximum Gasteiger partial charge on any atom is 0.135 e. The van der Waals surface area contributed by atoms with Gasteiger partial charge in [-0.25, -0.2) is 9.97 Å². The quantitative estimate of drug-likeness (QED) is 0.834. The second-order valence-corrected chi connectivity index (χ2v) is 8.95. The van der Waals surface area contributed by atoms with Crippen LogP contribution in [0.25, 0.3) is 0 Å². The fraction of sp³-hybridized carbons (Fsp3) is 0.667. The van der Waals surface area contributed by atoms with Crippen LogP contribution in [0.15, 0.2) is 12.4 Å². The van der Waals surface area contributed by atoms with Crippen LogP contribution in [0.2, 0.25) is 0 Å². The molecule has 0 amide bonds. The van der Waals surface area contributed by atoms with Crippen LogP contribution < -0.4 is 4.90 Å². The van der Waals surface area contributed by atoms with Crippen molar-refractivity contribution in [3.8, 4) is 0 Å². The molecule has 0 bridgehead atoms. The molecule has 3 heterocycles. The molecule has 1 saturated heterocycles. The summed E-state index contributed by atoms with van der Waals surface area (Å²) in [6.07, 6.45) is 8.99. The number of rotatable bonds is 3. The summed E-state index contributed by atoms with van der Waals surface area (Å²) < 4.78 is 2.06. The van der Waals surface area contributed by atoms with E-state index in [0.717, 1.165) is 51.4 Å². The van der Waals surface area contributed by atoms with E-state index in [0.29, 0.717) is 0 Å². The Kier molecular flexibility index (Phi) is 4.93. The standard InChI is InChI=1S/C21H32N6/c1-16-23-19-8-6-5-7-18(19)20(24-16)26-11-9-25(10-12-26)14-17-13-22-27(15-17)21(2,3)4/h13,15H,5-12,14H2,1-4H3. The van der Waals surface area contributed by atoms with Crippen LogP contribution in [0.3, 0.4) is 0 Å². The van der Waals surface area contributed by atoms with E-state index in [9.17, 15) is 0 Å². The molecule has 6 nitrogen and oxygen atoms in total. The normalized spacial score (nSPS) is 18.6. The Balaban J connectivity index is 1.41. The van der Waals surface area contributed by atoms with Gasteiger partial charge in [-0.3, -0.25) is 9.58 Å². The summed E-state index contributed by atoms with van der Waals surface area (Å²) in [7, 11) is 0. The van der Waals surface area contributed by atoms with Gasteiger partial charge in [0.25, 0.3) is 0 Å². The average Bonchev–Trinajstić information content (AvgIpc) is 3.11. The van der Waals surface area contributed by atoms with E-state index in [-0.39, 0.29) is 5.54 Å². The highest BCUT2D eigenvalue weighted by molar-refractivity contribution is 5.50. The first kappa shape index (κ1) is 18.4. The third-order valence-corrected chi connectivity index (χ3v) is 5.67. The van der Waals surface area contributed by atoms with Gasteiger partial charge in [-0.2, -0.15) is 5.10 Å². The molecule has 6 heteroatoms. The minimum absolute atomic E-state index is 0.0426. The minimum Gasteiger partial charge on any atom is -0.354 e. The van der Waals surface area contributed by atoms with E-state index in [1.165, 1.54) is 35.5 Å². The molecular formula is C21H32N6. The third kappa shape index (κ3) is 4.00. The van der Waals surface area contributed by atoms with Gasteiger partial charge in [0, 0.05) is 55.7 Å². The van der Waals surface area contributed by atoms with Gasteiger partial charge >= 0.3 is 0 Å². The molecule has 0 spiro atoms. The fourth-order valence-electron chi connectivity index (χ4n) is 4.14. The summed E-state index contributed by atoms with van der Waals surface area (Å²) in [6.45, 7) is 13.8. The molecule has 1 aliphatic carbocycles. The Morgan fingerprint density at radius 1 is 1.00 bits per heavy atom. The van der Waals surface area contributed by atoms with Gasteiger partial charge in [0.1, 0.15) is 11.6 Å². The van der Waals surface area contributed by atoms with Gasteiger partial charge in [-0.05, 0) is 53.4 Å². The molecule has 2 aliphatic rings. The number of piperazine rings is 1. The SMILES string of the molecule is Cc1nc2c(c(N3CCN(Cc4cnn(C(C)(C)C)c4)CC3)n1)CCCC2. The molecule has 0 aromatic carbocycles. The van der Waals surface area contributed by atoms with Gasteiger partial charge in [0.2, 0.25) is 0 Å². The van der Waals surface area contributed by atoms with E-state index in [4.69, 9.17) is 9.97 Å². The van der Waals surface area contributed by atoms with E-state index in [1.807, 2.05) is 13.1 Å². The maximum absolute atomic E-state index is 4.83. The lowest BCUT2D eigenvalue weighted by molar-refractivity contribution is 0.248. The lowest BCUT2D eigenvalue weighted by atomic mass is 9.96. The largest absolute Gasteiger partial charge is 0.354 e. The molecule has 0 radical (unpaired) electrons. The summed E-state index contributed by atoms with van der Waals surface area (Å²) in [5.74, 6) is 2.13. The maximum atomic E-state index is 4.83. The predicted octanol–water partition coefficient (Wildman–Crippen LogP) is 2.94. The van der Waals surface area contributed by atoms with Crippen molar-refractivity contribution in [1.82, 2.24) is 24.6 Å². The highest BCUT2D eigenvalue weighted by Crippen LogP contribution is 2.28. The number of hydrogen-bond acceptors (Lipinski definition) is 5. The molecular weight excluding hydrogens is 336 g/mol. The number of fused-ring (bicyclic) bond motifs is 1. The molecule has 1 aliphatic heterocycles. The molecule has 0 N–H and O–H groups in total. The van der Waals surface area contributed by atoms with Crippen molar-refractivity contribution >= 4 is 5.82 Å². The topological polar surface area (TPSA) is 50.1 Å².